The van der Waals surface area contributed by atoms with E-state index in [4.69, 9.17) is 0 Å². The predicted molar refractivity (Wildman–Crippen MR) is 104 cm³/mol. The van der Waals surface area contributed by atoms with Crippen molar-refractivity contribution in [3.05, 3.63) is 54.1 Å². The Morgan fingerprint density at radius 2 is 1.81 bits per heavy atom. The molecule has 0 spiro atoms. The van der Waals surface area contributed by atoms with E-state index in [0.29, 0.717) is 11.3 Å². The Bertz CT molecular complexity index is 1050. The molecule has 0 radical (unpaired) electrons. The topological polar surface area (TPSA) is 79.0 Å². The number of likely N-dealkylation sites (N-methyl/N-ethyl adjacent to an activating group) is 1. The second kappa shape index (κ2) is 7.29. The second-order valence-electron chi connectivity index (χ2n) is 7.14. The SMILES string of the molecule is CCN1C(=O)c2ccccc2N2C(=O)CC[C@@]12C(=O)Nc1ccc(OC(F)(F)F)cc1. The van der Waals surface area contributed by atoms with Crippen LogP contribution in [0.4, 0.5) is 24.5 Å². The summed E-state index contributed by atoms with van der Waals surface area (Å²) in [6.45, 7) is 1.90. The summed E-state index contributed by atoms with van der Waals surface area (Å²) in [5.41, 5.74) is -0.658. The number of hydrogen-bond acceptors (Lipinski definition) is 4. The van der Waals surface area contributed by atoms with Crippen molar-refractivity contribution in [2.75, 3.05) is 16.8 Å². The number of carbonyl (C=O) groups excluding carboxylic acids is 3. The molecule has 162 valence electrons. The molecule has 2 aromatic rings. The van der Waals surface area contributed by atoms with Gasteiger partial charge in [-0.3, -0.25) is 19.3 Å². The number of nitrogens with one attached hydrogen (secondary N) is 1. The van der Waals surface area contributed by atoms with Gasteiger partial charge in [-0.05, 0) is 43.3 Å². The number of benzene rings is 2. The van der Waals surface area contributed by atoms with Gasteiger partial charge in [0.25, 0.3) is 11.8 Å². The van der Waals surface area contributed by atoms with Crippen LogP contribution >= 0.6 is 0 Å². The number of halogens is 3. The maximum Gasteiger partial charge on any atom is 0.573 e. The van der Waals surface area contributed by atoms with Gasteiger partial charge in [-0.15, -0.1) is 13.2 Å². The summed E-state index contributed by atoms with van der Waals surface area (Å²) in [6, 6.07) is 11.2. The number of rotatable bonds is 4. The third-order valence-electron chi connectivity index (χ3n) is 5.40. The Morgan fingerprint density at radius 1 is 1.13 bits per heavy atom. The number of ether oxygens (including phenoxy) is 1. The van der Waals surface area contributed by atoms with E-state index in [2.05, 4.69) is 10.1 Å². The van der Waals surface area contributed by atoms with Gasteiger partial charge in [0.2, 0.25) is 11.6 Å². The van der Waals surface area contributed by atoms with Gasteiger partial charge in [-0.1, -0.05) is 12.1 Å². The molecule has 2 heterocycles. The molecule has 0 bridgehead atoms. The fourth-order valence-electron chi connectivity index (χ4n) is 4.18. The number of alkyl halides is 3. The van der Waals surface area contributed by atoms with E-state index in [1.54, 1.807) is 31.2 Å². The van der Waals surface area contributed by atoms with E-state index in [-0.39, 0.29) is 36.9 Å². The molecule has 2 aliphatic heterocycles. The van der Waals surface area contributed by atoms with E-state index in [9.17, 15) is 27.6 Å². The first-order chi connectivity index (χ1) is 14.7. The quantitative estimate of drug-likeness (QED) is 0.800. The Hall–Kier alpha value is -3.56. The number of anilines is 2. The van der Waals surface area contributed by atoms with Gasteiger partial charge in [-0.25, -0.2) is 0 Å². The largest absolute Gasteiger partial charge is 0.573 e. The average molecular weight is 433 g/mol. The van der Waals surface area contributed by atoms with E-state index in [1.807, 2.05) is 0 Å². The van der Waals surface area contributed by atoms with Gasteiger partial charge in [0.05, 0.1) is 11.3 Å². The van der Waals surface area contributed by atoms with Crippen molar-refractivity contribution in [1.29, 1.82) is 0 Å². The molecule has 2 aromatic carbocycles. The predicted octanol–water partition coefficient (Wildman–Crippen LogP) is 3.52. The molecule has 0 aliphatic carbocycles. The van der Waals surface area contributed by atoms with Crippen molar-refractivity contribution in [3.8, 4) is 5.75 Å². The van der Waals surface area contributed by atoms with Crippen LogP contribution in [0.2, 0.25) is 0 Å². The first-order valence-electron chi connectivity index (χ1n) is 9.58. The van der Waals surface area contributed by atoms with Crippen LogP contribution in [0.5, 0.6) is 5.75 Å². The maximum absolute atomic E-state index is 13.4. The lowest BCUT2D eigenvalue weighted by molar-refractivity contribution is -0.274. The number of carbonyl (C=O) groups is 3. The number of para-hydroxylation sites is 1. The molecule has 0 aromatic heterocycles. The summed E-state index contributed by atoms with van der Waals surface area (Å²) in [5, 5.41) is 2.64. The molecule has 1 atom stereocenters. The van der Waals surface area contributed by atoms with E-state index in [0.717, 1.165) is 12.1 Å². The minimum Gasteiger partial charge on any atom is -0.406 e. The minimum atomic E-state index is -4.83. The minimum absolute atomic E-state index is 0.0733. The van der Waals surface area contributed by atoms with Crippen LogP contribution in [0.25, 0.3) is 0 Å². The van der Waals surface area contributed by atoms with Crippen molar-refractivity contribution >= 4 is 29.1 Å². The highest BCUT2D eigenvalue weighted by Crippen LogP contribution is 2.44. The normalized spacial score (nSPS) is 20.4. The third-order valence-corrected chi connectivity index (χ3v) is 5.40. The van der Waals surface area contributed by atoms with Crippen molar-refractivity contribution in [3.63, 3.8) is 0 Å². The number of nitrogens with zero attached hydrogens (tertiary/aromatic N) is 2. The molecule has 7 nitrogen and oxygen atoms in total. The highest BCUT2D eigenvalue weighted by Gasteiger charge is 2.60. The number of hydrogen-bond donors (Lipinski definition) is 1. The zero-order valence-corrected chi connectivity index (χ0v) is 16.4. The van der Waals surface area contributed by atoms with Crippen LogP contribution in [-0.2, 0) is 9.59 Å². The smallest absolute Gasteiger partial charge is 0.406 e. The number of amides is 3. The van der Waals surface area contributed by atoms with Crippen molar-refractivity contribution in [2.24, 2.45) is 0 Å². The summed E-state index contributed by atoms with van der Waals surface area (Å²) in [7, 11) is 0. The van der Waals surface area contributed by atoms with Crippen LogP contribution in [0.3, 0.4) is 0 Å². The van der Waals surface area contributed by atoms with E-state index < -0.39 is 23.7 Å². The lowest BCUT2D eigenvalue weighted by Crippen LogP contribution is -2.69. The zero-order valence-electron chi connectivity index (χ0n) is 16.4. The number of fused-ring (bicyclic) bond motifs is 3. The van der Waals surface area contributed by atoms with E-state index >= 15 is 0 Å². The summed E-state index contributed by atoms with van der Waals surface area (Å²) in [5.74, 6) is -1.71. The molecule has 4 rings (SSSR count). The molecule has 3 amide bonds. The monoisotopic (exact) mass is 433 g/mol. The molecule has 1 saturated heterocycles. The lowest BCUT2D eigenvalue weighted by atomic mass is 9.95. The van der Waals surface area contributed by atoms with Crippen molar-refractivity contribution in [1.82, 2.24) is 4.90 Å². The molecule has 2 aliphatic rings. The molecule has 31 heavy (non-hydrogen) atoms. The highest BCUT2D eigenvalue weighted by molar-refractivity contribution is 6.18. The van der Waals surface area contributed by atoms with Crippen LogP contribution in [0, 0.1) is 0 Å². The summed E-state index contributed by atoms with van der Waals surface area (Å²) < 4.78 is 40.9. The maximum atomic E-state index is 13.4. The molecule has 10 heteroatoms. The van der Waals surface area contributed by atoms with Gasteiger partial charge >= 0.3 is 6.36 Å². The molecular weight excluding hydrogens is 415 g/mol. The molecule has 0 saturated carbocycles. The Labute approximate surface area is 175 Å². The highest BCUT2D eigenvalue weighted by atomic mass is 19.4. The van der Waals surface area contributed by atoms with Crippen LogP contribution in [0.15, 0.2) is 48.5 Å². The lowest BCUT2D eigenvalue weighted by Gasteiger charge is -2.48. The fraction of sp³-hybridized carbons (Fsp3) is 0.286. The summed E-state index contributed by atoms with van der Waals surface area (Å²) in [4.78, 5) is 42.0. The Balaban J connectivity index is 1.69. The van der Waals surface area contributed by atoms with E-state index in [1.165, 1.54) is 21.9 Å². The fourth-order valence-corrected chi connectivity index (χ4v) is 4.18. The summed E-state index contributed by atoms with van der Waals surface area (Å²) >= 11 is 0. The molecule has 0 unspecified atom stereocenters. The molecule has 1 fully saturated rings. The van der Waals surface area contributed by atoms with Crippen molar-refractivity contribution < 1.29 is 32.3 Å². The Kier molecular flexibility index (Phi) is 4.87. The zero-order chi connectivity index (χ0) is 22.4. The Morgan fingerprint density at radius 3 is 2.45 bits per heavy atom. The first-order valence-corrected chi connectivity index (χ1v) is 9.58. The molecule has 1 N–H and O–H groups in total. The second-order valence-corrected chi connectivity index (χ2v) is 7.14. The van der Waals surface area contributed by atoms with Crippen LogP contribution in [-0.4, -0.2) is 41.2 Å². The van der Waals surface area contributed by atoms with Crippen LogP contribution in [0.1, 0.15) is 30.1 Å². The third kappa shape index (κ3) is 3.37. The van der Waals surface area contributed by atoms with Gasteiger partial charge < -0.3 is 15.0 Å². The van der Waals surface area contributed by atoms with Gasteiger partial charge in [0.1, 0.15) is 5.75 Å². The first kappa shape index (κ1) is 20.7. The van der Waals surface area contributed by atoms with Crippen molar-refractivity contribution in [2.45, 2.75) is 31.8 Å². The average Bonchev–Trinajstić information content (AvgIpc) is 3.07. The standard InChI is InChI=1S/C21H18F3N3O4/c1-2-26-18(29)15-5-3-4-6-16(15)27-17(28)11-12-20(26,27)19(30)25-13-7-9-14(10-8-13)31-21(22,23)24/h3-10H,2,11-12H2,1H3,(H,25,30)/t20-/m1/s1. The molecular formula is C21H18F3N3O4. The van der Waals surface area contributed by atoms with Gasteiger partial charge in [0.15, 0.2) is 0 Å². The van der Waals surface area contributed by atoms with Crippen LogP contribution < -0.4 is 15.0 Å². The van der Waals surface area contributed by atoms with Gasteiger partial charge in [-0.2, -0.15) is 0 Å². The summed E-state index contributed by atoms with van der Waals surface area (Å²) in [6.07, 6.45) is -4.66. The van der Waals surface area contributed by atoms with Gasteiger partial charge in [0, 0.05) is 25.1 Å².